The first-order valence-electron chi connectivity index (χ1n) is 10.5. The van der Waals surface area contributed by atoms with Crippen LogP contribution in [-0.2, 0) is 10.9 Å². The minimum absolute atomic E-state index is 0.0267. The first kappa shape index (κ1) is 22.8. The highest BCUT2D eigenvalue weighted by atomic mass is 32.2. The Hall–Kier alpha value is -2.33. The highest BCUT2D eigenvalue weighted by molar-refractivity contribution is 7.99. The molecule has 4 rings (SSSR count). The van der Waals surface area contributed by atoms with E-state index in [1.165, 1.54) is 22.9 Å². The fraction of sp³-hybridized carbons (Fsp3) is 0.500. The number of carbonyl (C=O) groups excluding carboxylic acids is 1. The van der Waals surface area contributed by atoms with Crippen LogP contribution in [0.5, 0.6) is 0 Å². The molecule has 2 fully saturated rings. The number of amides is 1. The van der Waals surface area contributed by atoms with Crippen LogP contribution in [0.4, 0.5) is 13.2 Å². The van der Waals surface area contributed by atoms with Gasteiger partial charge >= 0.3 is 6.18 Å². The number of aromatic nitrogens is 2. The minimum Gasteiger partial charge on any atom is -0.376 e. The lowest BCUT2D eigenvalue weighted by Crippen LogP contribution is -2.46. The van der Waals surface area contributed by atoms with E-state index in [0.717, 1.165) is 42.9 Å². The summed E-state index contributed by atoms with van der Waals surface area (Å²) < 4.78 is 46.4. The van der Waals surface area contributed by atoms with Crippen LogP contribution in [-0.4, -0.2) is 57.4 Å². The Morgan fingerprint density at radius 1 is 1.31 bits per heavy atom. The van der Waals surface area contributed by atoms with Gasteiger partial charge in [0, 0.05) is 36.7 Å². The predicted molar refractivity (Wildman–Crippen MR) is 115 cm³/mol. The van der Waals surface area contributed by atoms with Gasteiger partial charge in [-0.2, -0.15) is 30.0 Å². The number of rotatable bonds is 5. The van der Waals surface area contributed by atoms with Crippen molar-refractivity contribution in [3.05, 3.63) is 57.5 Å². The van der Waals surface area contributed by atoms with Crippen LogP contribution in [0.25, 0.3) is 5.69 Å². The molecular weight excluding hydrogens is 443 g/mol. The van der Waals surface area contributed by atoms with Gasteiger partial charge < -0.3 is 9.64 Å². The maximum atomic E-state index is 13.5. The molecule has 0 radical (unpaired) electrons. The van der Waals surface area contributed by atoms with Crippen LogP contribution < -0.4 is 5.43 Å². The molecular formula is C22H24F3N3O3S. The number of ether oxygens (including phenoxy) is 1. The van der Waals surface area contributed by atoms with E-state index in [1.54, 1.807) is 23.6 Å². The van der Waals surface area contributed by atoms with Crippen molar-refractivity contribution >= 4 is 17.7 Å². The quantitative estimate of drug-likeness (QED) is 0.671. The first-order valence-corrected chi connectivity index (χ1v) is 11.7. The van der Waals surface area contributed by atoms with Crippen molar-refractivity contribution < 1.29 is 22.7 Å². The second-order valence-corrected chi connectivity index (χ2v) is 9.22. The molecule has 2 aromatic rings. The highest BCUT2D eigenvalue weighted by Gasteiger charge is 2.34. The third kappa shape index (κ3) is 4.85. The van der Waals surface area contributed by atoms with E-state index < -0.39 is 23.1 Å². The number of alkyl halides is 3. The van der Waals surface area contributed by atoms with Crippen LogP contribution in [0.3, 0.4) is 0 Å². The molecule has 3 heterocycles. The van der Waals surface area contributed by atoms with Crippen molar-refractivity contribution in [1.29, 1.82) is 0 Å². The maximum Gasteiger partial charge on any atom is 0.416 e. The van der Waals surface area contributed by atoms with Crippen molar-refractivity contribution in [3.8, 4) is 5.69 Å². The van der Waals surface area contributed by atoms with Gasteiger partial charge in [-0.25, -0.2) is 4.68 Å². The number of nitrogens with zero attached hydrogens (tertiary/aromatic N) is 3. The Morgan fingerprint density at radius 2 is 2.12 bits per heavy atom. The van der Waals surface area contributed by atoms with Crippen molar-refractivity contribution in [3.63, 3.8) is 0 Å². The van der Waals surface area contributed by atoms with Crippen LogP contribution in [0.15, 0.2) is 35.1 Å². The van der Waals surface area contributed by atoms with Crippen molar-refractivity contribution in [2.75, 3.05) is 24.7 Å². The van der Waals surface area contributed by atoms with Crippen LogP contribution in [0.2, 0.25) is 0 Å². The zero-order valence-corrected chi connectivity index (χ0v) is 18.4. The Morgan fingerprint density at radius 3 is 2.78 bits per heavy atom. The van der Waals surface area contributed by atoms with E-state index >= 15 is 0 Å². The Labute approximate surface area is 187 Å². The molecule has 1 aromatic carbocycles. The highest BCUT2D eigenvalue weighted by Crippen LogP contribution is 2.30. The summed E-state index contributed by atoms with van der Waals surface area (Å²) in [4.78, 5) is 27.8. The summed E-state index contributed by atoms with van der Waals surface area (Å²) >= 11 is 1.75. The van der Waals surface area contributed by atoms with Gasteiger partial charge in [0.25, 0.3) is 5.91 Å². The molecule has 2 aliphatic rings. The summed E-state index contributed by atoms with van der Waals surface area (Å²) in [7, 11) is 0. The number of hydrogen-bond acceptors (Lipinski definition) is 5. The molecule has 2 aliphatic heterocycles. The second kappa shape index (κ2) is 9.27. The average Bonchev–Trinajstić information content (AvgIpc) is 3.45. The molecule has 1 aromatic heterocycles. The third-order valence-electron chi connectivity index (χ3n) is 5.76. The number of aryl methyl sites for hydroxylation is 1. The molecule has 10 heteroatoms. The van der Waals surface area contributed by atoms with Gasteiger partial charge in [0.2, 0.25) is 5.43 Å². The molecule has 0 N–H and O–H groups in total. The Kier molecular flexibility index (Phi) is 6.62. The van der Waals surface area contributed by atoms with Gasteiger partial charge in [-0.1, -0.05) is 6.07 Å². The average molecular weight is 468 g/mol. The number of carbonyl (C=O) groups is 1. The normalized spacial score (nSPS) is 21.1. The lowest BCUT2D eigenvalue weighted by Gasteiger charge is -2.30. The summed E-state index contributed by atoms with van der Waals surface area (Å²) in [6.07, 6.45) is -2.01. The molecule has 172 valence electrons. The number of hydrogen-bond donors (Lipinski definition) is 0. The summed E-state index contributed by atoms with van der Waals surface area (Å²) in [5, 5.41) is 4.23. The lowest BCUT2D eigenvalue weighted by atomic mass is 10.1. The van der Waals surface area contributed by atoms with Crippen LogP contribution in [0.1, 0.15) is 41.0 Å². The van der Waals surface area contributed by atoms with Gasteiger partial charge in [-0.05, 0) is 50.1 Å². The SMILES string of the molecule is Cc1cc(=O)c(C(=O)N(CC2CCCO2)C2CCSC2)nn1-c1cccc(C(F)(F)F)c1. The Balaban J connectivity index is 1.71. The molecule has 0 aliphatic carbocycles. The van der Waals surface area contributed by atoms with Crippen molar-refractivity contribution in [1.82, 2.24) is 14.7 Å². The zero-order chi connectivity index (χ0) is 22.9. The fourth-order valence-corrected chi connectivity index (χ4v) is 5.30. The van der Waals surface area contributed by atoms with Gasteiger partial charge in [0.1, 0.15) is 0 Å². The van der Waals surface area contributed by atoms with Crippen molar-refractivity contribution in [2.45, 2.75) is 44.5 Å². The van der Waals surface area contributed by atoms with E-state index in [1.807, 2.05) is 0 Å². The van der Waals surface area contributed by atoms with Gasteiger partial charge in [-0.3, -0.25) is 9.59 Å². The Bertz CT molecular complexity index is 1040. The smallest absolute Gasteiger partial charge is 0.376 e. The van der Waals surface area contributed by atoms with E-state index in [0.29, 0.717) is 18.8 Å². The maximum absolute atomic E-state index is 13.5. The van der Waals surface area contributed by atoms with E-state index in [4.69, 9.17) is 4.74 Å². The first-order chi connectivity index (χ1) is 15.2. The van der Waals surface area contributed by atoms with Gasteiger partial charge in [0.05, 0.1) is 17.4 Å². The van der Waals surface area contributed by atoms with E-state index in [2.05, 4.69) is 5.10 Å². The van der Waals surface area contributed by atoms with Crippen molar-refractivity contribution in [2.24, 2.45) is 0 Å². The summed E-state index contributed by atoms with van der Waals surface area (Å²) in [5.41, 5.74) is -1.19. The van der Waals surface area contributed by atoms with Crippen LogP contribution >= 0.6 is 11.8 Å². The topological polar surface area (TPSA) is 64.4 Å². The van der Waals surface area contributed by atoms with E-state index in [-0.39, 0.29) is 23.5 Å². The van der Waals surface area contributed by atoms with Gasteiger partial charge in [0.15, 0.2) is 5.69 Å². The largest absolute Gasteiger partial charge is 0.416 e. The number of halogens is 3. The molecule has 2 unspecified atom stereocenters. The third-order valence-corrected chi connectivity index (χ3v) is 6.90. The molecule has 1 amide bonds. The second-order valence-electron chi connectivity index (χ2n) is 8.07. The predicted octanol–water partition coefficient (Wildman–Crippen LogP) is 3.69. The van der Waals surface area contributed by atoms with Crippen LogP contribution in [0, 0.1) is 6.92 Å². The minimum atomic E-state index is -4.51. The van der Waals surface area contributed by atoms with Gasteiger partial charge in [-0.15, -0.1) is 0 Å². The molecule has 32 heavy (non-hydrogen) atoms. The zero-order valence-electron chi connectivity index (χ0n) is 17.6. The number of benzene rings is 1. The molecule has 6 nitrogen and oxygen atoms in total. The standard InChI is InChI=1S/C22H24F3N3O3S/c1-14-10-19(29)20(26-28(14)16-5-2-4-15(11-16)22(23,24)25)21(30)27(17-7-9-32-13-17)12-18-6-3-8-31-18/h2,4-5,10-11,17-18H,3,6-9,12-13H2,1H3. The molecule has 0 spiro atoms. The number of thioether (sulfide) groups is 1. The molecule has 2 atom stereocenters. The fourth-order valence-electron chi connectivity index (χ4n) is 4.08. The van der Waals surface area contributed by atoms with E-state index in [9.17, 15) is 22.8 Å². The molecule has 2 saturated heterocycles. The summed E-state index contributed by atoms with van der Waals surface area (Å²) in [6.45, 7) is 2.60. The summed E-state index contributed by atoms with van der Waals surface area (Å²) in [5.74, 6) is 1.20. The monoisotopic (exact) mass is 467 g/mol. The molecule has 0 saturated carbocycles. The summed E-state index contributed by atoms with van der Waals surface area (Å²) in [6, 6.07) is 5.88. The molecule has 0 bridgehead atoms. The lowest BCUT2D eigenvalue weighted by molar-refractivity contribution is -0.137.